The van der Waals surface area contributed by atoms with Gasteiger partial charge in [-0.25, -0.2) is 4.39 Å². The highest BCUT2D eigenvalue weighted by molar-refractivity contribution is 8.00. The van der Waals surface area contributed by atoms with Gasteiger partial charge in [-0.1, -0.05) is 6.07 Å². The van der Waals surface area contributed by atoms with E-state index in [1.54, 1.807) is 6.07 Å². The van der Waals surface area contributed by atoms with E-state index < -0.39 is 0 Å². The highest BCUT2D eigenvalue weighted by Gasteiger charge is 2.37. The molecule has 0 saturated carbocycles. The molecule has 1 fully saturated rings. The summed E-state index contributed by atoms with van der Waals surface area (Å²) in [5.41, 5.74) is 8.36. The first-order chi connectivity index (χ1) is 7.53. The Labute approximate surface area is 101 Å². The Morgan fingerprint density at radius 1 is 1.50 bits per heavy atom. The predicted molar refractivity (Wildman–Crippen MR) is 68.2 cm³/mol. The Balaban J connectivity index is 2.32. The molecule has 1 aliphatic heterocycles. The fourth-order valence-corrected chi connectivity index (χ4v) is 3.67. The molecule has 0 amide bonds. The zero-order valence-corrected chi connectivity index (χ0v) is 10.6. The van der Waals surface area contributed by atoms with Crippen molar-refractivity contribution in [2.45, 2.75) is 37.5 Å². The third-order valence-corrected chi connectivity index (χ3v) is 5.09. The number of nitrogens with two attached hydrogens (primary N) is 1. The lowest BCUT2D eigenvalue weighted by Gasteiger charge is -2.31. The monoisotopic (exact) mass is 239 g/mol. The van der Waals surface area contributed by atoms with Gasteiger partial charge in [-0.3, -0.25) is 0 Å². The molecule has 88 valence electrons. The van der Waals surface area contributed by atoms with E-state index in [1.165, 1.54) is 18.2 Å². The smallest absolute Gasteiger partial charge is 0.123 e. The molecule has 2 N–H and O–H groups in total. The van der Waals surface area contributed by atoms with Crippen molar-refractivity contribution in [1.82, 2.24) is 0 Å². The van der Waals surface area contributed by atoms with Crippen LogP contribution >= 0.6 is 11.8 Å². The molecule has 0 spiro atoms. The summed E-state index contributed by atoms with van der Waals surface area (Å²) < 4.78 is 13.3. The first-order valence-electron chi connectivity index (χ1n) is 5.68. The second kappa shape index (κ2) is 4.38. The maximum atomic E-state index is 13.3. The van der Waals surface area contributed by atoms with Crippen LogP contribution in [-0.4, -0.2) is 10.5 Å². The lowest BCUT2D eigenvalue weighted by molar-refractivity contribution is 0.497. The molecule has 2 atom stereocenters. The topological polar surface area (TPSA) is 26.0 Å². The molecule has 2 unspecified atom stereocenters. The van der Waals surface area contributed by atoms with Gasteiger partial charge in [0, 0.05) is 10.8 Å². The average molecular weight is 239 g/mol. The SMILES string of the molecule is Cc1ccc(F)cc1C(N)C1(C)CCCS1. The molecule has 0 radical (unpaired) electrons. The van der Waals surface area contributed by atoms with Gasteiger partial charge in [-0.15, -0.1) is 0 Å². The highest BCUT2D eigenvalue weighted by Crippen LogP contribution is 2.45. The van der Waals surface area contributed by atoms with Crippen molar-refractivity contribution in [3.05, 3.63) is 35.1 Å². The standard InChI is InChI=1S/C13H18FNS/c1-9-4-5-10(14)8-11(9)12(15)13(2)6-3-7-16-13/h4-5,8,12H,3,6-7,15H2,1-2H3. The Morgan fingerprint density at radius 3 is 2.88 bits per heavy atom. The zero-order chi connectivity index (χ0) is 11.8. The van der Waals surface area contributed by atoms with E-state index in [0.29, 0.717) is 0 Å². The van der Waals surface area contributed by atoms with Gasteiger partial charge >= 0.3 is 0 Å². The number of halogens is 1. The molecule has 1 saturated heterocycles. The van der Waals surface area contributed by atoms with Crippen molar-refractivity contribution in [3.8, 4) is 0 Å². The summed E-state index contributed by atoms with van der Waals surface area (Å²) in [5.74, 6) is 0.973. The van der Waals surface area contributed by atoms with Crippen LogP contribution in [0.25, 0.3) is 0 Å². The molecular weight excluding hydrogens is 221 g/mol. The molecule has 2 rings (SSSR count). The third kappa shape index (κ3) is 2.11. The van der Waals surface area contributed by atoms with E-state index in [4.69, 9.17) is 5.73 Å². The molecule has 16 heavy (non-hydrogen) atoms. The van der Waals surface area contributed by atoms with Crippen LogP contribution in [0.15, 0.2) is 18.2 Å². The predicted octanol–water partition coefficient (Wildman–Crippen LogP) is 3.42. The summed E-state index contributed by atoms with van der Waals surface area (Å²) in [7, 11) is 0. The molecule has 1 nitrogen and oxygen atoms in total. The van der Waals surface area contributed by atoms with E-state index in [2.05, 4.69) is 6.92 Å². The first kappa shape index (κ1) is 11.9. The molecule has 0 bridgehead atoms. The van der Waals surface area contributed by atoms with Crippen molar-refractivity contribution in [3.63, 3.8) is 0 Å². The summed E-state index contributed by atoms with van der Waals surface area (Å²) in [6.45, 7) is 4.19. The van der Waals surface area contributed by atoms with Crippen LogP contribution in [0.2, 0.25) is 0 Å². The minimum absolute atomic E-state index is 0.0680. The zero-order valence-electron chi connectivity index (χ0n) is 9.79. The van der Waals surface area contributed by atoms with Gasteiger partial charge in [0.15, 0.2) is 0 Å². The Kier molecular flexibility index (Phi) is 3.27. The molecule has 0 aliphatic carbocycles. The van der Waals surface area contributed by atoms with E-state index in [9.17, 15) is 4.39 Å². The summed E-state index contributed by atoms with van der Waals surface area (Å²) in [4.78, 5) is 0. The van der Waals surface area contributed by atoms with E-state index in [-0.39, 0.29) is 16.6 Å². The number of rotatable bonds is 2. The number of hydrogen-bond donors (Lipinski definition) is 1. The number of hydrogen-bond acceptors (Lipinski definition) is 2. The molecule has 3 heteroatoms. The van der Waals surface area contributed by atoms with Crippen LogP contribution in [0.1, 0.15) is 36.9 Å². The second-order valence-corrected chi connectivity index (χ2v) is 6.37. The third-order valence-electron chi connectivity index (χ3n) is 3.48. The molecule has 1 heterocycles. The van der Waals surface area contributed by atoms with Gasteiger partial charge < -0.3 is 5.73 Å². The normalized spacial score (nSPS) is 27.0. The van der Waals surface area contributed by atoms with Crippen LogP contribution in [0.5, 0.6) is 0 Å². The lowest BCUT2D eigenvalue weighted by Crippen LogP contribution is -2.33. The molecule has 1 aromatic carbocycles. The Morgan fingerprint density at radius 2 is 2.25 bits per heavy atom. The highest BCUT2D eigenvalue weighted by atomic mass is 32.2. The van der Waals surface area contributed by atoms with Crippen molar-refractivity contribution in [1.29, 1.82) is 0 Å². The van der Waals surface area contributed by atoms with E-state index >= 15 is 0 Å². The second-order valence-electron chi connectivity index (χ2n) is 4.74. The minimum atomic E-state index is -0.192. The van der Waals surface area contributed by atoms with Crippen LogP contribution in [0, 0.1) is 12.7 Å². The fourth-order valence-electron chi connectivity index (χ4n) is 2.32. The van der Waals surface area contributed by atoms with Crippen LogP contribution in [-0.2, 0) is 0 Å². The summed E-state index contributed by atoms with van der Waals surface area (Å²) in [6.07, 6.45) is 2.33. The molecular formula is C13H18FNS. The van der Waals surface area contributed by atoms with Gasteiger partial charge in [-0.2, -0.15) is 11.8 Å². The van der Waals surface area contributed by atoms with E-state index in [0.717, 1.165) is 17.5 Å². The quantitative estimate of drug-likeness (QED) is 0.855. The molecule has 0 aromatic heterocycles. The van der Waals surface area contributed by atoms with Gasteiger partial charge in [0.2, 0.25) is 0 Å². The van der Waals surface area contributed by atoms with Gasteiger partial charge in [-0.05, 0) is 55.7 Å². The number of benzene rings is 1. The van der Waals surface area contributed by atoms with Crippen molar-refractivity contribution in [2.24, 2.45) is 5.73 Å². The van der Waals surface area contributed by atoms with Crippen LogP contribution < -0.4 is 5.73 Å². The van der Waals surface area contributed by atoms with Gasteiger partial charge in [0.25, 0.3) is 0 Å². The molecule has 1 aliphatic rings. The summed E-state index contributed by atoms with van der Waals surface area (Å²) in [5, 5.41) is 0. The van der Waals surface area contributed by atoms with Gasteiger partial charge in [0.1, 0.15) is 5.82 Å². The number of thioether (sulfide) groups is 1. The largest absolute Gasteiger partial charge is 0.323 e. The fraction of sp³-hybridized carbons (Fsp3) is 0.538. The maximum absolute atomic E-state index is 13.3. The number of aryl methyl sites for hydroxylation is 1. The Hall–Kier alpha value is -0.540. The summed E-state index contributed by atoms with van der Waals surface area (Å²) >= 11 is 1.91. The lowest BCUT2D eigenvalue weighted by atomic mass is 9.89. The van der Waals surface area contributed by atoms with Crippen molar-refractivity contribution in [2.75, 3.05) is 5.75 Å². The minimum Gasteiger partial charge on any atom is -0.323 e. The van der Waals surface area contributed by atoms with Crippen LogP contribution in [0.4, 0.5) is 4.39 Å². The maximum Gasteiger partial charge on any atom is 0.123 e. The van der Waals surface area contributed by atoms with Crippen molar-refractivity contribution < 1.29 is 4.39 Å². The van der Waals surface area contributed by atoms with Gasteiger partial charge in [0.05, 0.1) is 0 Å². The summed E-state index contributed by atoms with van der Waals surface area (Å²) in [6, 6.07) is 4.82. The first-order valence-corrected chi connectivity index (χ1v) is 6.67. The van der Waals surface area contributed by atoms with Crippen molar-refractivity contribution >= 4 is 11.8 Å². The van der Waals surface area contributed by atoms with E-state index in [1.807, 2.05) is 24.8 Å². The van der Waals surface area contributed by atoms with Crippen LogP contribution in [0.3, 0.4) is 0 Å². The Bertz CT molecular complexity index is 386. The molecule has 1 aromatic rings. The average Bonchev–Trinajstić information content (AvgIpc) is 2.69.